The summed E-state index contributed by atoms with van der Waals surface area (Å²) in [6.07, 6.45) is 0. The first-order valence-electron chi connectivity index (χ1n) is 6.22. The Morgan fingerprint density at radius 1 is 1.14 bits per heavy atom. The lowest BCUT2D eigenvalue weighted by Gasteiger charge is -2.05. The third kappa shape index (κ3) is 3.61. The molecule has 2 aromatic rings. The fraction of sp³-hybridized carbons (Fsp3) is 0.200. The molecule has 0 aliphatic heterocycles. The highest BCUT2D eigenvalue weighted by molar-refractivity contribution is 6.35. The van der Waals surface area contributed by atoms with Crippen LogP contribution in [0.4, 0.5) is 0 Å². The van der Waals surface area contributed by atoms with Crippen LogP contribution in [0.3, 0.4) is 0 Å². The molecular formula is C15H12Cl2O5. The van der Waals surface area contributed by atoms with Crippen LogP contribution in [-0.4, -0.2) is 19.0 Å². The minimum atomic E-state index is -0.638. The topological polar surface area (TPSA) is 65.7 Å². The van der Waals surface area contributed by atoms with Crippen LogP contribution in [0.5, 0.6) is 0 Å². The van der Waals surface area contributed by atoms with E-state index in [9.17, 15) is 9.59 Å². The van der Waals surface area contributed by atoms with Crippen LogP contribution >= 0.6 is 23.2 Å². The molecule has 1 aromatic carbocycles. The molecule has 5 nitrogen and oxygen atoms in total. The molecule has 116 valence electrons. The first kappa shape index (κ1) is 16.4. The maximum atomic E-state index is 12.0. The Kier molecular flexibility index (Phi) is 5.11. The molecule has 22 heavy (non-hydrogen) atoms. The number of furan rings is 1. The van der Waals surface area contributed by atoms with Gasteiger partial charge in [0.2, 0.25) is 0 Å². The summed E-state index contributed by atoms with van der Waals surface area (Å²) in [5.74, 6) is -0.444. The van der Waals surface area contributed by atoms with Crippen LogP contribution in [0.15, 0.2) is 28.7 Å². The summed E-state index contributed by atoms with van der Waals surface area (Å²) in [5, 5.41) is 0.610. The lowest BCUT2D eigenvalue weighted by atomic mass is 10.2. The first-order valence-corrected chi connectivity index (χ1v) is 6.97. The van der Waals surface area contributed by atoms with E-state index in [0.717, 1.165) is 0 Å². The predicted octanol–water partition coefficient (Wildman–Crippen LogP) is 4.04. The maximum absolute atomic E-state index is 12.0. The van der Waals surface area contributed by atoms with E-state index >= 15 is 0 Å². The number of hydrogen-bond donors (Lipinski definition) is 0. The van der Waals surface area contributed by atoms with Gasteiger partial charge in [-0.05, 0) is 31.2 Å². The van der Waals surface area contributed by atoms with Gasteiger partial charge in [-0.1, -0.05) is 23.2 Å². The first-order chi connectivity index (χ1) is 10.4. The molecule has 0 bridgehead atoms. The average Bonchev–Trinajstić information content (AvgIpc) is 2.87. The van der Waals surface area contributed by atoms with Crippen molar-refractivity contribution in [1.82, 2.24) is 0 Å². The lowest BCUT2D eigenvalue weighted by Crippen LogP contribution is -2.05. The molecule has 7 heteroatoms. The molecule has 0 saturated carbocycles. The van der Waals surface area contributed by atoms with Crippen LogP contribution in [0.1, 0.15) is 32.2 Å². The molecule has 0 fully saturated rings. The van der Waals surface area contributed by atoms with Crippen molar-refractivity contribution in [2.75, 3.05) is 7.11 Å². The molecule has 0 aliphatic rings. The highest BCUT2D eigenvalue weighted by atomic mass is 35.5. The number of aryl methyl sites for hydroxylation is 1. The van der Waals surface area contributed by atoms with Crippen molar-refractivity contribution in [2.45, 2.75) is 13.5 Å². The summed E-state index contributed by atoms with van der Waals surface area (Å²) in [7, 11) is 1.27. The minimum Gasteiger partial charge on any atom is -0.465 e. The van der Waals surface area contributed by atoms with Crippen molar-refractivity contribution in [2.24, 2.45) is 0 Å². The Balaban J connectivity index is 2.08. The number of carbonyl (C=O) groups excluding carboxylic acids is 2. The van der Waals surface area contributed by atoms with Gasteiger partial charge in [-0.2, -0.15) is 0 Å². The number of hydrogen-bond acceptors (Lipinski definition) is 5. The number of methoxy groups -OCH3 is 1. The van der Waals surface area contributed by atoms with Gasteiger partial charge in [0.15, 0.2) is 0 Å². The molecular weight excluding hydrogens is 331 g/mol. The summed E-state index contributed by atoms with van der Waals surface area (Å²) in [6.45, 7) is 1.48. The summed E-state index contributed by atoms with van der Waals surface area (Å²) >= 11 is 11.7. The third-order valence-electron chi connectivity index (χ3n) is 2.87. The largest absolute Gasteiger partial charge is 0.465 e. The fourth-order valence-electron chi connectivity index (χ4n) is 1.80. The van der Waals surface area contributed by atoms with E-state index in [4.69, 9.17) is 32.4 Å². The Morgan fingerprint density at radius 2 is 1.86 bits per heavy atom. The van der Waals surface area contributed by atoms with Gasteiger partial charge in [0.1, 0.15) is 23.7 Å². The van der Waals surface area contributed by atoms with Crippen LogP contribution < -0.4 is 0 Å². The van der Waals surface area contributed by atoms with Gasteiger partial charge in [0, 0.05) is 5.02 Å². The average molecular weight is 343 g/mol. The van der Waals surface area contributed by atoms with Gasteiger partial charge in [-0.3, -0.25) is 0 Å². The van der Waals surface area contributed by atoms with E-state index in [1.807, 2.05) is 0 Å². The normalized spacial score (nSPS) is 10.4. The van der Waals surface area contributed by atoms with E-state index in [2.05, 4.69) is 4.74 Å². The molecule has 1 heterocycles. The van der Waals surface area contributed by atoms with Crippen LogP contribution in [-0.2, 0) is 16.1 Å². The Morgan fingerprint density at radius 3 is 2.55 bits per heavy atom. The van der Waals surface area contributed by atoms with Crippen molar-refractivity contribution in [1.29, 1.82) is 0 Å². The zero-order chi connectivity index (χ0) is 16.3. The van der Waals surface area contributed by atoms with E-state index in [-0.39, 0.29) is 22.8 Å². The van der Waals surface area contributed by atoms with Crippen molar-refractivity contribution >= 4 is 35.1 Å². The number of carbonyl (C=O) groups is 2. The minimum absolute atomic E-state index is 0.139. The molecule has 0 unspecified atom stereocenters. The molecule has 1 aromatic heterocycles. The number of rotatable bonds is 4. The van der Waals surface area contributed by atoms with Crippen molar-refractivity contribution in [3.63, 3.8) is 0 Å². The van der Waals surface area contributed by atoms with Crippen molar-refractivity contribution < 1.29 is 23.5 Å². The van der Waals surface area contributed by atoms with Crippen LogP contribution in [0, 0.1) is 6.92 Å². The highest BCUT2D eigenvalue weighted by Gasteiger charge is 2.17. The van der Waals surface area contributed by atoms with Gasteiger partial charge in [-0.25, -0.2) is 9.59 Å². The monoisotopic (exact) mass is 342 g/mol. The van der Waals surface area contributed by atoms with E-state index in [1.165, 1.54) is 25.3 Å². The SMILES string of the molecule is COC(=O)c1cc(COC(=O)c2cc(Cl)ccc2Cl)oc1C. The van der Waals surface area contributed by atoms with E-state index in [1.54, 1.807) is 13.0 Å². The highest BCUT2D eigenvalue weighted by Crippen LogP contribution is 2.22. The van der Waals surface area contributed by atoms with Crippen LogP contribution in [0.25, 0.3) is 0 Å². The maximum Gasteiger partial charge on any atom is 0.341 e. The molecule has 0 N–H and O–H groups in total. The summed E-state index contributed by atoms with van der Waals surface area (Å²) < 4.78 is 15.1. The predicted molar refractivity (Wildman–Crippen MR) is 80.4 cm³/mol. The van der Waals surface area contributed by atoms with Crippen molar-refractivity contribution in [3.05, 3.63) is 57.0 Å². The van der Waals surface area contributed by atoms with Gasteiger partial charge >= 0.3 is 11.9 Å². The molecule has 0 aliphatic carbocycles. The number of halogens is 2. The van der Waals surface area contributed by atoms with E-state index < -0.39 is 11.9 Å². The van der Waals surface area contributed by atoms with Gasteiger partial charge in [0.25, 0.3) is 0 Å². The van der Waals surface area contributed by atoms with Gasteiger partial charge in [0.05, 0.1) is 17.7 Å². The third-order valence-corrected chi connectivity index (χ3v) is 3.43. The number of esters is 2. The van der Waals surface area contributed by atoms with Gasteiger partial charge < -0.3 is 13.9 Å². The second-order valence-corrected chi connectivity index (χ2v) is 5.22. The molecule has 0 atom stereocenters. The quantitative estimate of drug-likeness (QED) is 0.784. The summed E-state index contributed by atoms with van der Waals surface area (Å²) in [4.78, 5) is 23.4. The number of benzene rings is 1. The molecule has 0 amide bonds. The second-order valence-electron chi connectivity index (χ2n) is 4.37. The smallest absolute Gasteiger partial charge is 0.341 e. The Hall–Kier alpha value is -1.98. The fourth-order valence-corrected chi connectivity index (χ4v) is 2.16. The molecule has 2 rings (SSSR count). The number of ether oxygens (including phenoxy) is 2. The second kappa shape index (κ2) is 6.85. The lowest BCUT2D eigenvalue weighted by molar-refractivity contribution is 0.0444. The summed E-state index contributed by atoms with van der Waals surface area (Å²) in [6, 6.07) is 5.96. The van der Waals surface area contributed by atoms with Crippen molar-refractivity contribution in [3.8, 4) is 0 Å². The standard InChI is InChI=1S/C15H12Cl2O5/c1-8-11(14(18)20-2)6-10(22-8)7-21-15(19)12-5-9(16)3-4-13(12)17/h3-6H,7H2,1-2H3. The molecule has 0 saturated heterocycles. The Labute approximate surface area is 136 Å². The molecule has 0 spiro atoms. The molecule has 0 radical (unpaired) electrons. The zero-order valence-electron chi connectivity index (χ0n) is 11.8. The zero-order valence-corrected chi connectivity index (χ0v) is 13.3. The Bertz CT molecular complexity index is 721. The van der Waals surface area contributed by atoms with E-state index in [0.29, 0.717) is 16.5 Å². The van der Waals surface area contributed by atoms with Gasteiger partial charge in [-0.15, -0.1) is 0 Å². The summed E-state index contributed by atoms with van der Waals surface area (Å²) in [5.41, 5.74) is 0.444. The van der Waals surface area contributed by atoms with Crippen LogP contribution in [0.2, 0.25) is 10.0 Å².